The molecule has 1 amide bonds. The van der Waals surface area contributed by atoms with Crippen LogP contribution in [0.1, 0.15) is 34.3 Å². The van der Waals surface area contributed by atoms with Crippen LogP contribution in [0, 0.1) is 6.92 Å². The van der Waals surface area contributed by atoms with Crippen LogP contribution in [0.25, 0.3) is 11.0 Å². The van der Waals surface area contributed by atoms with E-state index in [1.807, 2.05) is 32.2 Å². The number of fused-ring (bicyclic) bond motifs is 2. The second-order valence-corrected chi connectivity index (χ2v) is 8.29. The molecule has 1 fully saturated rings. The molecule has 1 saturated heterocycles. The highest BCUT2D eigenvalue weighted by atomic mass is 16.3. The third-order valence-electron chi connectivity index (χ3n) is 6.41. The monoisotopic (exact) mass is 404 g/mol. The number of carbonyl (C=O) groups is 1. The topological polar surface area (TPSA) is 78.7 Å². The number of rotatable bonds is 2. The Hall–Kier alpha value is -3.19. The van der Waals surface area contributed by atoms with Gasteiger partial charge in [0, 0.05) is 51.3 Å². The van der Waals surface area contributed by atoms with Crippen LogP contribution in [-0.4, -0.2) is 41.6 Å². The van der Waals surface area contributed by atoms with Crippen molar-refractivity contribution in [1.29, 1.82) is 0 Å². The summed E-state index contributed by atoms with van der Waals surface area (Å²) in [7, 11) is 1.99. The Balaban J connectivity index is 1.35. The van der Waals surface area contributed by atoms with E-state index in [2.05, 4.69) is 20.1 Å². The van der Waals surface area contributed by atoms with Crippen molar-refractivity contribution in [2.24, 2.45) is 0 Å². The zero-order valence-corrected chi connectivity index (χ0v) is 17.1. The standard InChI is InChI=1S/C23H24N4O3/c1-15-5-6-19-18(12-15)20(28)16(14-30-19)13-27-10-7-23(8-11-27)25-22(29)17-4-3-9-24-21(17)26(23)2/h3-6,9,12,14H,7-8,10-11,13H2,1-2H3,(H,25,29). The molecule has 0 aliphatic carbocycles. The van der Waals surface area contributed by atoms with Crippen molar-refractivity contribution < 1.29 is 9.21 Å². The first-order valence-corrected chi connectivity index (χ1v) is 10.2. The maximum absolute atomic E-state index is 12.9. The highest BCUT2D eigenvalue weighted by molar-refractivity contribution is 6.01. The van der Waals surface area contributed by atoms with Crippen LogP contribution in [0.4, 0.5) is 5.82 Å². The number of likely N-dealkylation sites (tertiary alicyclic amines) is 1. The van der Waals surface area contributed by atoms with Gasteiger partial charge < -0.3 is 14.6 Å². The molecule has 4 heterocycles. The number of piperidine rings is 1. The van der Waals surface area contributed by atoms with Crippen LogP contribution < -0.4 is 15.6 Å². The first-order valence-electron chi connectivity index (χ1n) is 10.2. The molecule has 0 unspecified atom stereocenters. The number of benzene rings is 1. The quantitative estimate of drug-likeness (QED) is 0.708. The fourth-order valence-electron chi connectivity index (χ4n) is 4.58. The number of hydrogen-bond acceptors (Lipinski definition) is 6. The summed E-state index contributed by atoms with van der Waals surface area (Å²) in [5.41, 5.74) is 2.51. The molecule has 7 heteroatoms. The number of hydrogen-bond donors (Lipinski definition) is 1. The zero-order chi connectivity index (χ0) is 20.9. The molecule has 2 aliphatic rings. The molecule has 1 aromatic carbocycles. The van der Waals surface area contributed by atoms with E-state index in [0.29, 0.717) is 28.6 Å². The van der Waals surface area contributed by atoms with Crippen molar-refractivity contribution in [3.63, 3.8) is 0 Å². The van der Waals surface area contributed by atoms with E-state index >= 15 is 0 Å². The van der Waals surface area contributed by atoms with Gasteiger partial charge >= 0.3 is 0 Å². The molecular weight excluding hydrogens is 380 g/mol. The second kappa shape index (κ2) is 6.95. The molecule has 0 saturated carbocycles. The van der Waals surface area contributed by atoms with E-state index in [1.165, 1.54) is 0 Å². The fraction of sp³-hybridized carbons (Fsp3) is 0.348. The highest BCUT2D eigenvalue weighted by Crippen LogP contribution is 2.35. The van der Waals surface area contributed by atoms with E-state index in [9.17, 15) is 9.59 Å². The average Bonchev–Trinajstić information content (AvgIpc) is 2.76. The number of anilines is 1. The van der Waals surface area contributed by atoms with E-state index in [1.54, 1.807) is 24.6 Å². The highest BCUT2D eigenvalue weighted by Gasteiger charge is 2.44. The summed E-state index contributed by atoms with van der Waals surface area (Å²) in [6.07, 6.45) is 4.81. The van der Waals surface area contributed by atoms with Crippen LogP contribution >= 0.6 is 0 Å². The van der Waals surface area contributed by atoms with Gasteiger partial charge in [0.05, 0.1) is 17.2 Å². The Morgan fingerprint density at radius 1 is 1.20 bits per heavy atom. The molecule has 0 radical (unpaired) electrons. The summed E-state index contributed by atoms with van der Waals surface area (Å²) < 4.78 is 5.70. The smallest absolute Gasteiger partial charge is 0.256 e. The number of aromatic nitrogens is 1. The number of nitrogens with one attached hydrogen (secondary N) is 1. The van der Waals surface area contributed by atoms with Gasteiger partial charge in [-0.3, -0.25) is 14.5 Å². The summed E-state index contributed by atoms with van der Waals surface area (Å²) in [5.74, 6) is 0.649. The third kappa shape index (κ3) is 2.97. The van der Waals surface area contributed by atoms with Crippen LogP contribution in [0.2, 0.25) is 0 Å². The SMILES string of the molecule is Cc1ccc2occ(CN3CCC4(CC3)NC(=O)c3cccnc3N4C)c(=O)c2c1. The lowest BCUT2D eigenvalue weighted by Gasteiger charge is -2.50. The molecule has 154 valence electrons. The molecule has 1 spiro atoms. The Labute approximate surface area is 174 Å². The van der Waals surface area contributed by atoms with Gasteiger partial charge in [-0.1, -0.05) is 11.6 Å². The molecule has 1 N–H and O–H groups in total. The van der Waals surface area contributed by atoms with E-state index in [0.717, 1.165) is 37.3 Å². The van der Waals surface area contributed by atoms with Gasteiger partial charge in [-0.05, 0) is 31.2 Å². The molecule has 0 atom stereocenters. The van der Waals surface area contributed by atoms with Crippen LogP contribution in [0.5, 0.6) is 0 Å². The predicted molar refractivity (Wildman–Crippen MR) is 115 cm³/mol. The van der Waals surface area contributed by atoms with Gasteiger partial charge in [-0.2, -0.15) is 0 Å². The molecule has 30 heavy (non-hydrogen) atoms. The lowest BCUT2D eigenvalue weighted by Crippen LogP contribution is -2.66. The van der Waals surface area contributed by atoms with Crippen molar-refractivity contribution in [3.8, 4) is 0 Å². The molecule has 7 nitrogen and oxygen atoms in total. The summed E-state index contributed by atoms with van der Waals surface area (Å²) >= 11 is 0. The lowest BCUT2D eigenvalue weighted by molar-refractivity contribution is 0.0770. The van der Waals surface area contributed by atoms with Crippen molar-refractivity contribution in [1.82, 2.24) is 15.2 Å². The number of carbonyl (C=O) groups excluding carboxylic acids is 1. The maximum Gasteiger partial charge on any atom is 0.256 e. The average molecular weight is 404 g/mol. The first-order chi connectivity index (χ1) is 14.5. The number of aryl methyl sites for hydroxylation is 1. The molecular formula is C23H24N4O3. The largest absolute Gasteiger partial charge is 0.464 e. The van der Waals surface area contributed by atoms with Gasteiger partial charge in [0.1, 0.15) is 17.1 Å². The molecule has 5 rings (SSSR count). The summed E-state index contributed by atoms with van der Waals surface area (Å²) in [6, 6.07) is 9.25. The first kappa shape index (κ1) is 18.8. The Morgan fingerprint density at radius 2 is 2.00 bits per heavy atom. The molecule has 2 aromatic heterocycles. The Kier molecular flexibility index (Phi) is 4.36. The van der Waals surface area contributed by atoms with E-state index in [4.69, 9.17) is 4.42 Å². The van der Waals surface area contributed by atoms with E-state index < -0.39 is 5.66 Å². The predicted octanol–water partition coefficient (Wildman–Crippen LogP) is 2.67. The summed E-state index contributed by atoms with van der Waals surface area (Å²) in [5, 5.41) is 3.83. The Morgan fingerprint density at radius 3 is 2.80 bits per heavy atom. The van der Waals surface area contributed by atoms with E-state index in [-0.39, 0.29) is 11.3 Å². The molecule has 2 aliphatic heterocycles. The van der Waals surface area contributed by atoms with Gasteiger partial charge in [0.25, 0.3) is 5.91 Å². The minimum absolute atomic E-state index is 0.0291. The van der Waals surface area contributed by atoms with Gasteiger partial charge in [-0.15, -0.1) is 0 Å². The van der Waals surface area contributed by atoms with Crippen molar-refractivity contribution in [3.05, 3.63) is 69.7 Å². The lowest BCUT2D eigenvalue weighted by atomic mass is 9.91. The van der Waals surface area contributed by atoms with Gasteiger partial charge in [-0.25, -0.2) is 4.98 Å². The van der Waals surface area contributed by atoms with Gasteiger partial charge in [0.2, 0.25) is 0 Å². The minimum atomic E-state index is -0.444. The molecule has 0 bridgehead atoms. The minimum Gasteiger partial charge on any atom is -0.464 e. The number of nitrogens with zero attached hydrogens (tertiary/aromatic N) is 3. The third-order valence-corrected chi connectivity index (χ3v) is 6.41. The van der Waals surface area contributed by atoms with Crippen LogP contribution in [0.3, 0.4) is 0 Å². The van der Waals surface area contributed by atoms with Crippen LogP contribution in [-0.2, 0) is 6.54 Å². The zero-order valence-electron chi connectivity index (χ0n) is 17.1. The van der Waals surface area contributed by atoms with Crippen molar-refractivity contribution >= 4 is 22.7 Å². The van der Waals surface area contributed by atoms with Gasteiger partial charge in [0.15, 0.2) is 5.43 Å². The number of pyridine rings is 1. The van der Waals surface area contributed by atoms with Crippen molar-refractivity contribution in [2.75, 3.05) is 25.0 Å². The summed E-state index contributed by atoms with van der Waals surface area (Å²) in [4.78, 5) is 34.3. The fourth-order valence-corrected chi connectivity index (χ4v) is 4.58. The second-order valence-electron chi connectivity index (χ2n) is 8.29. The normalized spacial score (nSPS) is 18.5. The van der Waals surface area contributed by atoms with Crippen molar-refractivity contribution in [2.45, 2.75) is 32.0 Å². The number of amides is 1. The van der Waals surface area contributed by atoms with Crippen LogP contribution in [0.15, 0.2) is 52.0 Å². The Bertz CT molecular complexity index is 1190. The molecule has 3 aromatic rings. The summed E-state index contributed by atoms with van der Waals surface area (Å²) in [6.45, 7) is 4.03. The maximum atomic E-state index is 12.9.